The number of aliphatic carboxylic acids is 1. The van der Waals surface area contributed by atoms with Gasteiger partial charge in [0, 0.05) is 125 Å². The molecule has 0 saturated carbocycles. The number of aromatic amines is 3. The average molecular weight is 1900 g/mol. The molecule has 0 aliphatic carbocycles. The molecule has 0 spiro atoms. The number of rotatable bonds is 28. The summed E-state index contributed by atoms with van der Waals surface area (Å²) in [5.41, 5.74) is 27.0. The summed E-state index contributed by atoms with van der Waals surface area (Å²) in [5, 5.41) is 49.8. The van der Waals surface area contributed by atoms with Crippen LogP contribution in [0.4, 0.5) is 0 Å². The van der Waals surface area contributed by atoms with Crippen molar-refractivity contribution in [2.24, 2.45) is 22.9 Å². The Bertz CT molecular complexity index is 5130. The van der Waals surface area contributed by atoms with Crippen LogP contribution in [0.25, 0.3) is 21.8 Å². The van der Waals surface area contributed by atoms with Crippen molar-refractivity contribution in [1.82, 2.24) is 97.6 Å². The number of nitrogens with zero attached hydrogens (tertiary/aromatic N) is 6. The van der Waals surface area contributed by atoms with Crippen LogP contribution in [0.2, 0.25) is 0 Å². The van der Waals surface area contributed by atoms with E-state index in [1.54, 1.807) is 85.2 Å². The summed E-state index contributed by atoms with van der Waals surface area (Å²) >= 11 is 0.818. The SMILES string of the molecule is CCCC[C@H]1C(=O)N(C)[C@@H](CCCC)C(=O)N[C@@H](CCCN)C(=O)N[C@H](C(=O)NCC(N)=O)CSCC(=O)N[C@@H](Cc2ccc(OC)cc2)C(=O)N(C)[C@@H](C)C(=O)N[C@@H](CCN)C(=O)N2CCC[C@H]2C(=O)N[C@@H](Cc2cnc[nH]2)C(=O)N[C@@H](CCC(=O)O)C(=O)N2C[C@H](O)C[C@H]2C(=O)N[C@@H](Cc2c[nH]c3ccccc23)C(=O)NC(CCN)C(=O)N[C@@H](Cc2c[nH]c3ccccc23)C(=O)N1C. The number of carboxylic acid groups (broad SMARTS) is 1. The molecule has 1 unspecified atom stereocenters. The Hall–Kier alpha value is -13.1. The number of imidazole rings is 1. The Morgan fingerprint density at radius 2 is 1.04 bits per heavy atom. The number of ether oxygens (including phenoxy) is 1. The number of carboxylic acids is 1. The van der Waals surface area contributed by atoms with Gasteiger partial charge in [0.05, 0.1) is 31.8 Å². The molecular formula is C91H129N23O20S. The second-order valence-corrected chi connectivity index (χ2v) is 35.2. The first-order chi connectivity index (χ1) is 64.6. The predicted molar refractivity (Wildman–Crippen MR) is 498 cm³/mol. The van der Waals surface area contributed by atoms with Gasteiger partial charge in [0.2, 0.25) is 94.5 Å². The van der Waals surface area contributed by atoms with Crippen molar-refractivity contribution in [2.45, 2.75) is 233 Å². The van der Waals surface area contributed by atoms with E-state index >= 15 is 38.4 Å². The lowest BCUT2D eigenvalue weighted by Gasteiger charge is -2.36. The van der Waals surface area contributed by atoms with Crippen molar-refractivity contribution in [1.29, 1.82) is 0 Å². The molecule has 3 aromatic carbocycles. The van der Waals surface area contributed by atoms with Crippen molar-refractivity contribution in [3.8, 4) is 5.75 Å². The number of primary amides is 1. The Balaban J connectivity index is 1.10. The molecule has 6 heterocycles. The minimum atomic E-state index is -1.80. The number of carbonyl (C=O) groups is 17. The van der Waals surface area contributed by atoms with Gasteiger partial charge in [-0.05, 0) is 125 Å². The van der Waals surface area contributed by atoms with E-state index < -0.39 is 229 Å². The number of methoxy groups -OCH3 is 1. The van der Waals surface area contributed by atoms with E-state index in [4.69, 9.17) is 27.7 Å². The van der Waals surface area contributed by atoms with E-state index in [-0.39, 0.29) is 115 Å². The van der Waals surface area contributed by atoms with E-state index in [1.807, 2.05) is 13.8 Å². The number of nitrogens with two attached hydrogens (primary N) is 4. The minimum absolute atomic E-state index is 0.0162. The third-order valence-electron chi connectivity index (χ3n) is 24.5. The fourth-order valence-corrected chi connectivity index (χ4v) is 17.7. The molecule has 9 rings (SSSR count). The first-order valence-corrected chi connectivity index (χ1v) is 46.8. The first kappa shape index (κ1) is 106. The average Bonchev–Trinajstić information content (AvgIpc) is 1.68. The number of likely N-dealkylation sites (N-methyl/N-ethyl adjacent to an activating group) is 3. The van der Waals surface area contributed by atoms with Crippen LogP contribution in [0, 0.1) is 0 Å². The minimum Gasteiger partial charge on any atom is -0.497 e. The zero-order valence-corrected chi connectivity index (χ0v) is 78.0. The van der Waals surface area contributed by atoms with Gasteiger partial charge in [0.25, 0.3) is 0 Å². The Labute approximate surface area is 785 Å². The highest BCUT2D eigenvalue weighted by Gasteiger charge is 2.47. The predicted octanol–water partition coefficient (Wildman–Crippen LogP) is -2.50. The van der Waals surface area contributed by atoms with Crippen molar-refractivity contribution in [3.05, 3.63) is 120 Å². The van der Waals surface area contributed by atoms with E-state index in [1.165, 1.54) is 62.4 Å². The second kappa shape index (κ2) is 51.4. The lowest BCUT2D eigenvalue weighted by atomic mass is 9.99. The Morgan fingerprint density at radius 1 is 0.526 bits per heavy atom. The number of nitrogens with one attached hydrogen (secondary N) is 13. The Morgan fingerprint density at radius 3 is 1.64 bits per heavy atom. The van der Waals surface area contributed by atoms with Gasteiger partial charge in [-0.15, -0.1) is 11.8 Å². The van der Waals surface area contributed by atoms with Gasteiger partial charge >= 0.3 is 5.97 Å². The summed E-state index contributed by atoms with van der Waals surface area (Å²) in [4.78, 5) is 269. The summed E-state index contributed by atoms with van der Waals surface area (Å²) in [7, 11) is 5.50. The number of aliphatic hydroxyl groups is 1. The molecule has 6 aromatic rings. The van der Waals surface area contributed by atoms with Gasteiger partial charge in [-0.3, -0.25) is 81.5 Å². The number of H-pyrrole nitrogens is 3. The molecule has 3 fully saturated rings. The molecule has 135 heavy (non-hydrogen) atoms. The summed E-state index contributed by atoms with van der Waals surface area (Å²) in [6.45, 7) is 3.38. The summed E-state index contributed by atoms with van der Waals surface area (Å²) in [6.07, 6.45) is 3.21. The van der Waals surface area contributed by atoms with E-state index in [0.29, 0.717) is 69.9 Å². The molecule has 43 nitrogen and oxygen atoms in total. The topological polar surface area (TPSA) is 641 Å². The maximum Gasteiger partial charge on any atom is 0.303 e. The number of para-hydroxylation sites is 2. The number of aromatic nitrogens is 4. The lowest BCUT2D eigenvalue weighted by molar-refractivity contribution is -0.149. The number of hydrogen-bond donors (Lipinski definition) is 19. The van der Waals surface area contributed by atoms with Crippen LogP contribution >= 0.6 is 11.8 Å². The number of benzene rings is 3. The third-order valence-corrected chi connectivity index (χ3v) is 25.6. The summed E-state index contributed by atoms with van der Waals surface area (Å²) in [5.74, 6) is -16.1. The highest BCUT2D eigenvalue weighted by Crippen LogP contribution is 2.28. The molecule has 734 valence electrons. The maximum absolute atomic E-state index is 15.8. The van der Waals surface area contributed by atoms with E-state index in [0.717, 1.165) is 21.6 Å². The number of unbranched alkanes of at least 4 members (excludes halogenated alkanes) is 2. The van der Waals surface area contributed by atoms with Gasteiger partial charge in [-0.2, -0.15) is 0 Å². The zero-order valence-electron chi connectivity index (χ0n) is 77.1. The van der Waals surface area contributed by atoms with Crippen molar-refractivity contribution in [3.63, 3.8) is 0 Å². The van der Waals surface area contributed by atoms with Crippen LogP contribution < -0.4 is 80.8 Å². The number of fused-ring (bicyclic) bond motifs is 4. The second-order valence-electron chi connectivity index (χ2n) is 34.2. The summed E-state index contributed by atoms with van der Waals surface area (Å²) in [6, 6.07) is -0.372. The smallest absolute Gasteiger partial charge is 0.303 e. The fraction of sp³-hybridized carbons (Fsp3) is 0.538. The van der Waals surface area contributed by atoms with Crippen LogP contribution in [0.3, 0.4) is 0 Å². The summed E-state index contributed by atoms with van der Waals surface area (Å²) < 4.78 is 5.36. The van der Waals surface area contributed by atoms with Crippen molar-refractivity contribution >= 4 is 134 Å². The van der Waals surface area contributed by atoms with Crippen molar-refractivity contribution in [2.75, 3.05) is 79.0 Å². The van der Waals surface area contributed by atoms with Gasteiger partial charge < -0.3 is 131 Å². The van der Waals surface area contributed by atoms with Gasteiger partial charge in [-0.25, -0.2) is 4.98 Å². The van der Waals surface area contributed by atoms with E-state index in [9.17, 15) is 53.4 Å². The molecule has 44 heteroatoms. The molecule has 23 N–H and O–H groups in total. The number of carbonyl (C=O) groups excluding carboxylic acids is 16. The Kier molecular flexibility index (Phi) is 40.2. The van der Waals surface area contributed by atoms with Crippen LogP contribution in [0.15, 0.2) is 97.7 Å². The quantitative estimate of drug-likeness (QED) is 0.0241. The van der Waals surface area contributed by atoms with Crippen LogP contribution in [0.1, 0.15) is 139 Å². The van der Waals surface area contributed by atoms with Crippen molar-refractivity contribution < 1.29 is 96.5 Å². The molecule has 0 radical (unpaired) electrons. The molecule has 3 aliphatic rings. The largest absolute Gasteiger partial charge is 0.497 e. The molecule has 3 aliphatic heterocycles. The molecule has 15 atom stereocenters. The molecule has 3 saturated heterocycles. The fourth-order valence-electron chi connectivity index (χ4n) is 16.8. The normalized spacial score (nSPS) is 24.8. The molecule has 3 aromatic heterocycles. The monoisotopic (exact) mass is 1900 g/mol. The number of hydrogen-bond acceptors (Lipinski definition) is 24. The molecule has 0 bridgehead atoms. The standard InChI is InChI=1S/C91H129N23O20S/c1-8-10-23-71-84(126)103-62(22-16-34-92)80(122)109-70(79(121)99-46-75(95)116)48-135-49-76(117)101-68(38-52-26-28-57(134-7)29-27-52)87(129)110(4)51(3)78(120)104-65(33-36-94)89(131)113-37-17-25-72(113)85(127)107-67(41-55-45-96-50-100-55)83(125)105-64(30-31-77(118)119)90(132)114-47-56(115)42-74(114)86(128)106-66(39-53-43-97-60-20-14-12-18-58(53)60)82(124)102-63(32-35-93)81(123)108-69(40-54-44-98-61-21-15-13-19-59(54)61)88(130)112(6)73(24-11-9-2)91(133)111(71)5/h12-15,18-21,26-29,43-45,50-51,56,62-74,97-98,115H,8-11,16-17,22-25,30-42,46-49,92-94H2,1-7H3,(H2,95,116)(H,96,100)(H,99,121)(H,101,117)(H,102,124)(H,103,126)(H,104,120)(H,105,125)(H,106,128)(H,107,127)(H,108,123)(H,109,122)(H,118,119)/t51-,56+,62-,63?,64-,65-,66-,67-,68-,69-,70-,71-,72-,73-,74-/m0/s1. The van der Waals surface area contributed by atoms with Gasteiger partial charge in [0.15, 0.2) is 0 Å². The van der Waals surface area contributed by atoms with E-state index in [2.05, 4.69) is 73.1 Å². The highest BCUT2D eigenvalue weighted by molar-refractivity contribution is 8.00. The maximum atomic E-state index is 15.8. The molecule has 16 amide bonds. The number of thioether (sulfide) groups is 1. The van der Waals surface area contributed by atoms with Gasteiger partial charge in [-0.1, -0.05) is 88.1 Å². The zero-order chi connectivity index (χ0) is 98.3. The molecular weight excluding hydrogens is 1770 g/mol. The number of aliphatic hydroxyl groups excluding tert-OH is 1. The first-order valence-electron chi connectivity index (χ1n) is 45.6. The van der Waals surface area contributed by atoms with Crippen LogP contribution in [-0.4, -0.2) is 325 Å². The number of amides is 16. The highest BCUT2D eigenvalue weighted by atomic mass is 32.2. The van der Waals surface area contributed by atoms with Gasteiger partial charge in [0.1, 0.15) is 90.3 Å². The van der Waals surface area contributed by atoms with Crippen LogP contribution in [-0.2, 0) is 107 Å². The lowest BCUT2D eigenvalue weighted by Crippen LogP contribution is -2.61. The van der Waals surface area contributed by atoms with Crippen LogP contribution in [0.5, 0.6) is 5.75 Å². The third kappa shape index (κ3) is 29.2.